The Morgan fingerprint density at radius 3 is 2.76 bits per heavy atom. The lowest BCUT2D eigenvalue weighted by atomic mass is 10.1. The zero-order valence-electron chi connectivity index (χ0n) is 13.8. The maximum atomic E-state index is 12.1. The van der Waals surface area contributed by atoms with Crippen LogP contribution >= 0.6 is 15.9 Å². The van der Waals surface area contributed by atoms with Gasteiger partial charge in [-0.1, -0.05) is 40.2 Å². The lowest BCUT2D eigenvalue weighted by Gasteiger charge is -2.05. The van der Waals surface area contributed by atoms with Crippen LogP contribution in [0.1, 0.15) is 11.1 Å². The molecule has 0 unspecified atom stereocenters. The second kappa shape index (κ2) is 7.98. The number of methoxy groups -OCH3 is 1. The van der Waals surface area contributed by atoms with Gasteiger partial charge in [-0.25, -0.2) is 0 Å². The third-order valence-corrected chi connectivity index (χ3v) is 4.20. The Hall–Kier alpha value is -2.60. The zero-order valence-corrected chi connectivity index (χ0v) is 15.4. The van der Waals surface area contributed by atoms with E-state index < -0.39 is 0 Å². The van der Waals surface area contributed by atoms with Gasteiger partial charge in [0.15, 0.2) is 0 Å². The van der Waals surface area contributed by atoms with Gasteiger partial charge in [0.2, 0.25) is 5.91 Å². The van der Waals surface area contributed by atoms with Crippen molar-refractivity contribution < 1.29 is 9.53 Å². The predicted molar refractivity (Wildman–Crippen MR) is 101 cm³/mol. The van der Waals surface area contributed by atoms with Crippen LogP contribution in [0.15, 0.2) is 65.4 Å². The van der Waals surface area contributed by atoms with Crippen molar-refractivity contribution >= 4 is 27.5 Å². The Bertz CT molecular complexity index is 859. The molecule has 0 fully saturated rings. The molecule has 1 N–H and O–H groups in total. The van der Waals surface area contributed by atoms with Crippen molar-refractivity contribution in [1.82, 2.24) is 9.78 Å². The van der Waals surface area contributed by atoms with Gasteiger partial charge in [-0.05, 0) is 35.4 Å². The van der Waals surface area contributed by atoms with Crippen LogP contribution in [0.2, 0.25) is 0 Å². The van der Waals surface area contributed by atoms with E-state index in [0.717, 1.165) is 21.3 Å². The molecule has 25 heavy (non-hydrogen) atoms. The highest BCUT2D eigenvalue weighted by Crippen LogP contribution is 2.15. The molecule has 3 aromatic rings. The number of carbonyl (C=O) groups is 1. The van der Waals surface area contributed by atoms with Crippen molar-refractivity contribution in [2.24, 2.45) is 0 Å². The van der Waals surface area contributed by atoms with Gasteiger partial charge in [-0.3, -0.25) is 9.48 Å². The predicted octanol–water partition coefficient (Wildman–Crippen LogP) is 3.88. The fourth-order valence-corrected chi connectivity index (χ4v) is 2.73. The van der Waals surface area contributed by atoms with Crippen molar-refractivity contribution in [2.75, 3.05) is 12.4 Å². The maximum absolute atomic E-state index is 12.1. The lowest BCUT2D eigenvalue weighted by molar-refractivity contribution is -0.115. The van der Waals surface area contributed by atoms with E-state index in [1.165, 1.54) is 0 Å². The van der Waals surface area contributed by atoms with Crippen LogP contribution in [0.25, 0.3) is 0 Å². The molecule has 0 radical (unpaired) electrons. The number of nitrogens with zero attached hydrogens (tertiary/aromatic N) is 2. The minimum Gasteiger partial charge on any atom is -0.497 e. The van der Waals surface area contributed by atoms with Gasteiger partial charge in [0.1, 0.15) is 5.75 Å². The number of carbonyl (C=O) groups excluding carboxylic acids is 1. The number of anilines is 1. The van der Waals surface area contributed by atoms with Gasteiger partial charge in [0, 0.05) is 10.7 Å². The molecule has 0 saturated carbocycles. The van der Waals surface area contributed by atoms with Gasteiger partial charge >= 0.3 is 0 Å². The fraction of sp³-hybridized carbons (Fsp3) is 0.158. The summed E-state index contributed by atoms with van der Waals surface area (Å²) in [6.45, 7) is 0.611. The molecule has 1 heterocycles. The number of halogens is 1. The van der Waals surface area contributed by atoms with E-state index in [1.807, 2.05) is 54.7 Å². The summed E-state index contributed by atoms with van der Waals surface area (Å²) in [5.74, 6) is 0.746. The highest BCUT2D eigenvalue weighted by molar-refractivity contribution is 9.10. The molecule has 0 aliphatic rings. The molecule has 3 rings (SSSR count). The van der Waals surface area contributed by atoms with Crippen molar-refractivity contribution in [2.45, 2.75) is 13.0 Å². The van der Waals surface area contributed by atoms with Crippen LogP contribution in [0.3, 0.4) is 0 Å². The standard InChI is InChI=1S/C19H18BrN3O2/c1-25-18-4-2-3-15(9-18)12-23-13-17(11-21-23)22-19(24)10-14-5-7-16(20)8-6-14/h2-9,11,13H,10,12H2,1H3,(H,22,24). The van der Waals surface area contributed by atoms with Gasteiger partial charge < -0.3 is 10.1 Å². The molecule has 1 aromatic heterocycles. The quantitative estimate of drug-likeness (QED) is 0.683. The first-order chi connectivity index (χ1) is 12.1. The largest absolute Gasteiger partial charge is 0.497 e. The molecule has 0 saturated heterocycles. The Morgan fingerprint density at radius 1 is 1.20 bits per heavy atom. The van der Waals surface area contributed by atoms with Crippen molar-refractivity contribution in [3.8, 4) is 5.75 Å². The van der Waals surface area contributed by atoms with E-state index in [0.29, 0.717) is 18.7 Å². The van der Waals surface area contributed by atoms with Crippen molar-refractivity contribution in [1.29, 1.82) is 0 Å². The molecule has 0 aliphatic carbocycles. The summed E-state index contributed by atoms with van der Waals surface area (Å²) >= 11 is 3.38. The SMILES string of the molecule is COc1cccc(Cn2cc(NC(=O)Cc3ccc(Br)cc3)cn2)c1. The summed E-state index contributed by atoms with van der Waals surface area (Å²) in [7, 11) is 1.64. The minimum atomic E-state index is -0.0664. The first-order valence-corrected chi connectivity index (χ1v) is 8.61. The zero-order chi connectivity index (χ0) is 17.6. The molecule has 1 amide bonds. The smallest absolute Gasteiger partial charge is 0.228 e. The van der Waals surface area contributed by atoms with Crippen LogP contribution in [0.4, 0.5) is 5.69 Å². The number of amides is 1. The Labute approximate surface area is 154 Å². The van der Waals surface area contributed by atoms with E-state index in [2.05, 4.69) is 26.3 Å². The number of hydrogen-bond acceptors (Lipinski definition) is 3. The number of rotatable bonds is 6. The molecule has 0 spiro atoms. The Morgan fingerprint density at radius 2 is 2.00 bits per heavy atom. The van der Waals surface area contributed by atoms with Crippen molar-refractivity contribution in [3.05, 3.63) is 76.5 Å². The molecule has 128 valence electrons. The molecular formula is C19H18BrN3O2. The van der Waals surface area contributed by atoms with Gasteiger partial charge in [-0.2, -0.15) is 5.10 Å². The Kier molecular flexibility index (Phi) is 5.50. The van der Waals surface area contributed by atoms with E-state index in [4.69, 9.17) is 4.74 Å². The summed E-state index contributed by atoms with van der Waals surface area (Å²) in [6, 6.07) is 15.5. The molecular weight excluding hydrogens is 382 g/mol. The molecule has 5 nitrogen and oxygen atoms in total. The molecule has 0 bridgehead atoms. The van der Waals surface area contributed by atoms with E-state index in [9.17, 15) is 4.79 Å². The fourth-order valence-electron chi connectivity index (χ4n) is 2.47. The van der Waals surface area contributed by atoms with Crippen LogP contribution in [-0.2, 0) is 17.8 Å². The van der Waals surface area contributed by atoms with Gasteiger partial charge in [0.25, 0.3) is 0 Å². The summed E-state index contributed by atoms with van der Waals surface area (Å²) in [4.78, 5) is 12.1. The van der Waals surface area contributed by atoms with Gasteiger partial charge in [0.05, 0.1) is 32.0 Å². The summed E-state index contributed by atoms with van der Waals surface area (Å²) in [6.07, 6.45) is 3.80. The second-order valence-electron chi connectivity index (χ2n) is 5.63. The minimum absolute atomic E-state index is 0.0664. The highest BCUT2D eigenvalue weighted by Gasteiger charge is 2.07. The first kappa shape index (κ1) is 17.2. The van der Waals surface area contributed by atoms with Crippen LogP contribution in [0, 0.1) is 0 Å². The number of hydrogen-bond donors (Lipinski definition) is 1. The third-order valence-electron chi connectivity index (χ3n) is 3.67. The van der Waals surface area contributed by atoms with Crippen LogP contribution < -0.4 is 10.1 Å². The lowest BCUT2D eigenvalue weighted by Crippen LogP contribution is -2.13. The van der Waals surface area contributed by atoms with Crippen molar-refractivity contribution in [3.63, 3.8) is 0 Å². The topological polar surface area (TPSA) is 56.1 Å². The monoisotopic (exact) mass is 399 g/mol. The molecule has 2 aromatic carbocycles. The summed E-state index contributed by atoms with van der Waals surface area (Å²) in [5, 5.41) is 7.17. The van der Waals surface area contributed by atoms with E-state index in [-0.39, 0.29) is 5.91 Å². The molecule has 0 aliphatic heterocycles. The summed E-state index contributed by atoms with van der Waals surface area (Å²) in [5.41, 5.74) is 2.73. The van der Waals surface area contributed by atoms with Gasteiger partial charge in [-0.15, -0.1) is 0 Å². The summed E-state index contributed by atoms with van der Waals surface area (Å²) < 4.78 is 8.00. The molecule has 6 heteroatoms. The normalized spacial score (nSPS) is 10.5. The first-order valence-electron chi connectivity index (χ1n) is 7.82. The highest BCUT2D eigenvalue weighted by atomic mass is 79.9. The third kappa shape index (κ3) is 4.93. The number of aromatic nitrogens is 2. The Balaban J connectivity index is 1.59. The molecule has 0 atom stereocenters. The average molecular weight is 400 g/mol. The van der Waals surface area contributed by atoms with Crippen LogP contribution in [-0.4, -0.2) is 22.8 Å². The maximum Gasteiger partial charge on any atom is 0.228 e. The average Bonchev–Trinajstić information content (AvgIpc) is 3.04. The number of nitrogens with one attached hydrogen (secondary N) is 1. The number of benzene rings is 2. The van der Waals surface area contributed by atoms with E-state index >= 15 is 0 Å². The van der Waals surface area contributed by atoms with Crippen LogP contribution in [0.5, 0.6) is 5.75 Å². The van der Waals surface area contributed by atoms with E-state index in [1.54, 1.807) is 18.0 Å². The number of ether oxygens (including phenoxy) is 1. The second-order valence-corrected chi connectivity index (χ2v) is 6.55.